The first-order valence-corrected chi connectivity index (χ1v) is 4.95. The van der Waals surface area contributed by atoms with Gasteiger partial charge in [-0.25, -0.2) is 4.79 Å². The maximum atomic E-state index is 11.5. The van der Waals surface area contributed by atoms with Crippen LogP contribution in [0.2, 0.25) is 5.02 Å². The molecule has 5 nitrogen and oxygen atoms in total. The van der Waals surface area contributed by atoms with Gasteiger partial charge < -0.3 is 5.73 Å². The molecule has 1 rings (SSSR count). The van der Waals surface area contributed by atoms with Gasteiger partial charge in [0.05, 0.1) is 0 Å². The summed E-state index contributed by atoms with van der Waals surface area (Å²) in [5.41, 5.74) is 5.16. The highest BCUT2D eigenvalue weighted by atomic mass is 35.5. The van der Waals surface area contributed by atoms with Crippen LogP contribution in [0.1, 0.15) is 10.4 Å². The van der Waals surface area contributed by atoms with Crippen LogP contribution in [0.5, 0.6) is 0 Å². The number of benzene rings is 1. The zero-order chi connectivity index (χ0) is 12.1. The highest BCUT2D eigenvalue weighted by molar-refractivity contribution is 7.80. The molecule has 0 saturated carbocycles. The lowest BCUT2D eigenvalue weighted by Crippen LogP contribution is -2.44. The Morgan fingerprint density at radius 1 is 1.31 bits per heavy atom. The Kier molecular flexibility index (Phi) is 4.21. The maximum Gasteiger partial charge on any atom is 0.318 e. The normalized spacial score (nSPS) is 9.31. The van der Waals surface area contributed by atoms with E-state index >= 15 is 0 Å². The minimum absolute atomic E-state index is 0.155. The minimum atomic E-state index is -0.837. The summed E-state index contributed by atoms with van der Waals surface area (Å²) in [5.74, 6) is -0.471. The van der Waals surface area contributed by atoms with Crippen LogP contribution in [0, 0.1) is 0 Å². The average Bonchev–Trinajstić information content (AvgIpc) is 2.16. The van der Waals surface area contributed by atoms with Gasteiger partial charge in [-0.05, 0) is 30.4 Å². The molecule has 0 aliphatic rings. The van der Waals surface area contributed by atoms with Crippen molar-refractivity contribution in [1.82, 2.24) is 10.6 Å². The van der Waals surface area contributed by atoms with Crippen molar-refractivity contribution < 1.29 is 9.59 Å². The Labute approximate surface area is 102 Å². The van der Waals surface area contributed by atoms with E-state index in [0.717, 1.165) is 0 Å². The number of thiocarbonyl (C=S) groups is 1. The third-order valence-corrected chi connectivity index (χ3v) is 1.99. The average molecular weight is 258 g/mol. The molecule has 16 heavy (non-hydrogen) atoms. The van der Waals surface area contributed by atoms with E-state index in [1.54, 1.807) is 18.2 Å². The molecule has 4 N–H and O–H groups in total. The third-order valence-electron chi connectivity index (χ3n) is 1.55. The highest BCUT2D eigenvalue weighted by Crippen LogP contribution is 2.10. The largest absolute Gasteiger partial charge is 0.351 e. The first-order chi connectivity index (χ1) is 7.49. The Morgan fingerprint density at radius 3 is 2.56 bits per heavy atom. The molecule has 0 aliphatic heterocycles. The van der Waals surface area contributed by atoms with Crippen LogP contribution in [0.3, 0.4) is 0 Å². The van der Waals surface area contributed by atoms with Crippen LogP contribution < -0.4 is 16.4 Å². The van der Waals surface area contributed by atoms with Gasteiger partial charge in [0, 0.05) is 10.6 Å². The standard InChI is InChI=1S/C9H8ClN3O2S/c10-6-3-1-2-5(4-6)7(14)12-9(16)13-8(11)15/h1-4H,(H4,11,12,13,14,15,16). The smallest absolute Gasteiger partial charge is 0.318 e. The lowest BCUT2D eigenvalue weighted by atomic mass is 10.2. The molecule has 0 aliphatic carbocycles. The van der Waals surface area contributed by atoms with Crippen molar-refractivity contribution >= 4 is 40.9 Å². The number of hydrogen-bond acceptors (Lipinski definition) is 3. The number of rotatable bonds is 1. The molecule has 1 aromatic rings. The summed E-state index contributed by atoms with van der Waals surface area (Å²) in [4.78, 5) is 22.0. The van der Waals surface area contributed by atoms with Crippen LogP contribution in [-0.4, -0.2) is 17.1 Å². The van der Waals surface area contributed by atoms with Crippen LogP contribution in [-0.2, 0) is 0 Å². The van der Waals surface area contributed by atoms with Crippen molar-refractivity contribution in [2.24, 2.45) is 5.73 Å². The minimum Gasteiger partial charge on any atom is -0.351 e. The first-order valence-electron chi connectivity index (χ1n) is 4.16. The Balaban J connectivity index is 2.66. The quantitative estimate of drug-likeness (QED) is 0.657. The van der Waals surface area contributed by atoms with Gasteiger partial charge in [-0.1, -0.05) is 17.7 Å². The number of amides is 3. The second-order valence-electron chi connectivity index (χ2n) is 2.78. The van der Waals surface area contributed by atoms with Gasteiger partial charge in [0.15, 0.2) is 5.11 Å². The second kappa shape index (κ2) is 5.43. The van der Waals surface area contributed by atoms with Crippen LogP contribution in [0.4, 0.5) is 4.79 Å². The second-order valence-corrected chi connectivity index (χ2v) is 3.63. The molecule has 7 heteroatoms. The topological polar surface area (TPSA) is 84.2 Å². The lowest BCUT2D eigenvalue weighted by molar-refractivity contribution is 0.0977. The molecule has 0 radical (unpaired) electrons. The molecule has 1 aromatic carbocycles. The molecule has 3 amide bonds. The van der Waals surface area contributed by atoms with E-state index in [0.29, 0.717) is 10.6 Å². The molecule has 0 atom stereocenters. The predicted molar refractivity (Wildman–Crippen MR) is 64.2 cm³/mol. The van der Waals surface area contributed by atoms with Crippen molar-refractivity contribution in [3.63, 3.8) is 0 Å². The van der Waals surface area contributed by atoms with Crippen molar-refractivity contribution in [3.05, 3.63) is 34.9 Å². The summed E-state index contributed by atoms with van der Waals surface area (Å²) in [6.45, 7) is 0. The van der Waals surface area contributed by atoms with Crippen molar-refractivity contribution in [1.29, 1.82) is 0 Å². The third kappa shape index (κ3) is 3.84. The maximum absolute atomic E-state index is 11.5. The van der Waals surface area contributed by atoms with Crippen LogP contribution >= 0.6 is 23.8 Å². The molecule has 0 spiro atoms. The number of carbonyl (C=O) groups excluding carboxylic acids is 2. The van der Waals surface area contributed by atoms with E-state index < -0.39 is 11.9 Å². The van der Waals surface area contributed by atoms with Crippen LogP contribution in [0.25, 0.3) is 0 Å². The van der Waals surface area contributed by atoms with Crippen molar-refractivity contribution in [2.75, 3.05) is 0 Å². The van der Waals surface area contributed by atoms with E-state index in [2.05, 4.69) is 22.9 Å². The molecule has 0 aromatic heterocycles. The van der Waals surface area contributed by atoms with Gasteiger partial charge in [-0.15, -0.1) is 0 Å². The van der Waals surface area contributed by atoms with Gasteiger partial charge in [-0.2, -0.15) is 0 Å². The Hall–Kier alpha value is -1.66. The fraction of sp³-hybridized carbons (Fsp3) is 0. The summed E-state index contributed by atoms with van der Waals surface area (Å²) in [5, 5.41) is 4.62. The summed E-state index contributed by atoms with van der Waals surface area (Å²) >= 11 is 10.4. The molecule has 0 bridgehead atoms. The first kappa shape index (κ1) is 12.4. The zero-order valence-corrected chi connectivity index (χ0v) is 9.56. The Bertz CT molecular complexity index is 450. The van der Waals surface area contributed by atoms with E-state index in [1.165, 1.54) is 6.07 Å². The zero-order valence-electron chi connectivity index (χ0n) is 7.99. The number of hydrogen-bond donors (Lipinski definition) is 3. The highest BCUT2D eigenvalue weighted by Gasteiger charge is 2.08. The van der Waals surface area contributed by atoms with Gasteiger partial charge >= 0.3 is 6.03 Å². The number of carbonyl (C=O) groups is 2. The summed E-state index contributed by atoms with van der Waals surface area (Å²) in [6, 6.07) is 5.47. The number of primary amides is 1. The molecule has 0 saturated heterocycles. The summed E-state index contributed by atoms with van der Waals surface area (Å²) in [7, 11) is 0. The van der Waals surface area contributed by atoms with Gasteiger partial charge in [0.1, 0.15) is 0 Å². The van der Waals surface area contributed by atoms with E-state index in [-0.39, 0.29) is 5.11 Å². The predicted octanol–water partition coefficient (Wildman–Crippen LogP) is 1.02. The number of nitrogens with one attached hydrogen (secondary N) is 2. The fourth-order valence-electron chi connectivity index (χ4n) is 0.948. The lowest BCUT2D eigenvalue weighted by Gasteiger charge is -2.06. The molecule has 0 heterocycles. The number of nitrogens with two attached hydrogens (primary N) is 1. The van der Waals surface area contributed by atoms with Crippen LogP contribution in [0.15, 0.2) is 24.3 Å². The van der Waals surface area contributed by atoms with Crippen molar-refractivity contribution in [2.45, 2.75) is 0 Å². The van der Waals surface area contributed by atoms with E-state index in [4.69, 9.17) is 17.3 Å². The summed E-state index contributed by atoms with van der Waals surface area (Å²) < 4.78 is 0. The summed E-state index contributed by atoms with van der Waals surface area (Å²) in [6.07, 6.45) is 0. The monoisotopic (exact) mass is 257 g/mol. The van der Waals surface area contributed by atoms with Crippen molar-refractivity contribution in [3.8, 4) is 0 Å². The molecular formula is C9H8ClN3O2S. The van der Waals surface area contributed by atoms with E-state index in [1.807, 2.05) is 0 Å². The fourth-order valence-corrected chi connectivity index (χ4v) is 1.33. The van der Waals surface area contributed by atoms with Gasteiger partial charge in [-0.3, -0.25) is 15.4 Å². The van der Waals surface area contributed by atoms with Gasteiger partial charge in [0.2, 0.25) is 0 Å². The molecular weight excluding hydrogens is 250 g/mol. The number of halogens is 1. The number of urea groups is 1. The Morgan fingerprint density at radius 2 is 2.00 bits per heavy atom. The SMILES string of the molecule is NC(=O)NC(=S)NC(=O)c1cccc(Cl)c1. The van der Waals surface area contributed by atoms with Gasteiger partial charge in [0.25, 0.3) is 5.91 Å². The van der Waals surface area contributed by atoms with E-state index in [9.17, 15) is 9.59 Å². The molecule has 0 unspecified atom stereocenters. The molecule has 0 fully saturated rings. The molecule has 84 valence electrons.